The summed E-state index contributed by atoms with van der Waals surface area (Å²) in [7, 11) is -1.18. The number of rotatable bonds is 7. The summed E-state index contributed by atoms with van der Waals surface area (Å²) in [6.45, 7) is 12.1. The van der Waals surface area contributed by atoms with Gasteiger partial charge in [0.15, 0.2) is 0 Å². The second kappa shape index (κ2) is 11.9. The molecular weight excluding hydrogens is 530 g/mol. The summed E-state index contributed by atoms with van der Waals surface area (Å²) in [4.78, 5) is 0. The van der Waals surface area contributed by atoms with Crippen molar-refractivity contribution in [3.05, 3.63) is 133 Å². The van der Waals surface area contributed by atoms with E-state index in [4.69, 9.17) is 0 Å². The third-order valence-electron chi connectivity index (χ3n) is 8.01. The maximum Gasteiger partial charge on any atom is -0.000896 e. The quantitative estimate of drug-likeness (QED) is 0.168. The normalized spacial score (nSPS) is 11.9. The molecule has 0 nitrogen and oxygen atoms in total. The molecule has 0 heterocycles. The van der Waals surface area contributed by atoms with Crippen LogP contribution in [0.5, 0.6) is 0 Å². The molecule has 0 N–H and O–H groups in total. The van der Waals surface area contributed by atoms with Crippen LogP contribution >= 0.6 is 15.8 Å². The van der Waals surface area contributed by atoms with Crippen molar-refractivity contribution in [2.45, 2.75) is 45.9 Å². The highest BCUT2D eigenvalue weighted by Crippen LogP contribution is 2.51. The number of hydrogen-bond donors (Lipinski definition) is 0. The minimum Gasteiger partial charge on any atom is -0.0691 e. The van der Waals surface area contributed by atoms with Gasteiger partial charge in [-0.2, -0.15) is 0 Å². The maximum absolute atomic E-state index is 2.44. The van der Waals surface area contributed by atoms with Crippen molar-refractivity contribution in [2.75, 3.05) is 0 Å². The number of hydrogen-bond acceptors (Lipinski definition) is 0. The van der Waals surface area contributed by atoms with Crippen molar-refractivity contribution in [3.8, 4) is 11.1 Å². The molecule has 0 saturated heterocycles. The van der Waals surface area contributed by atoms with E-state index in [-0.39, 0.29) is 0 Å². The van der Waals surface area contributed by atoms with Crippen molar-refractivity contribution in [2.24, 2.45) is 0 Å². The van der Waals surface area contributed by atoms with Gasteiger partial charge in [-0.1, -0.05) is 163 Å². The molecule has 2 heteroatoms. The van der Waals surface area contributed by atoms with E-state index in [9.17, 15) is 0 Å². The lowest BCUT2D eigenvalue weighted by molar-refractivity contribution is 1.02. The van der Waals surface area contributed by atoms with Crippen molar-refractivity contribution in [1.29, 1.82) is 0 Å². The van der Waals surface area contributed by atoms with Crippen LogP contribution in [0.4, 0.5) is 0 Å². The largest absolute Gasteiger partial charge is 0.0691 e. The van der Waals surface area contributed by atoms with Crippen molar-refractivity contribution >= 4 is 58.6 Å². The topological polar surface area (TPSA) is 0 Å². The Labute approximate surface area is 248 Å². The Bertz CT molecular complexity index is 1760. The highest BCUT2D eigenvalue weighted by Gasteiger charge is 2.30. The molecule has 0 amide bonds. The molecule has 204 valence electrons. The van der Waals surface area contributed by atoms with E-state index in [0.717, 1.165) is 0 Å². The van der Waals surface area contributed by atoms with Crippen molar-refractivity contribution in [3.63, 3.8) is 0 Å². The summed E-state index contributed by atoms with van der Waals surface area (Å²) in [5, 5.41) is 11.1. The van der Waals surface area contributed by atoms with Gasteiger partial charge in [0.2, 0.25) is 0 Å². The average molecular weight is 569 g/mol. The molecule has 0 spiro atoms. The molecular formula is C39H38P2. The first kappa shape index (κ1) is 27.8. The smallest absolute Gasteiger partial charge is 0.000896 e. The summed E-state index contributed by atoms with van der Waals surface area (Å²) >= 11 is 0. The molecule has 0 aliphatic carbocycles. The lowest BCUT2D eigenvalue weighted by atomic mass is 9.92. The summed E-state index contributed by atoms with van der Waals surface area (Å²) < 4.78 is 0. The third-order valence-corrected chi connectivity index (χ3v) is 13.8. The van der Waals surface area contributed by atoms with E-state index in [1.165, 1.54) is 54.1 Å². The molecule has 0 aliphatic heterocycles. The van der Waals surface area contributed by atoms with E-state index in [0.29, 0.717) is 11.3 Å². The second-order valence-electron chi connectivity index (χ2n) is 11.4. The molecule has 0 unspecified atom stereocenters. The van der Waals surface area contributed by atoms with Gasteiger partial charge in [-0.25, -0.2) is 0 Å². The van der Waals surface area contributed by atoms with Crippen LogP contribution in [0, 0.1) is 6.92 Å². The zero-order valence-electron chi connectivity index (χ0n) is 24.7. The fourth-order valence-electron chi connectivity index (χ4n) is 6.47. The zero-order valence-corrected chi connectivity index (χ0v) is 26.5. The van der Waals surface area contributed by atoms with E-state index in [1.807, 2.05) is 0 Å². The Morgan fingerprint density at radius 2 is 0.976 bits per heavy atom. The molecule has 0 aromatic heterocycles. The fraction of sp³-hybridized carbons (Fsp3) is 0.179. The van der Waals surface area contributed by atoms with Crippen LogP contribution in [0.25, 0.3) is 32.7 Å². The Kier molecular flexibility index (Phi) is 8.08. The minimum absolute atomic E-state index is 0.401. The second-order valence-corrected chi connectivity index (χ2v) is 16.9. The molecule has 0 fully saturated rings. The monoisotopic (exact) mass is 568 g/mol. The van der Waals surface area contributed by atoms with Crippen LogP contribution in [-0.4, -0.2) is 11.3 Å². The van der Waals surface area contributed by atoms with Gasteiger partial charge in [-0.05, 0) is 85.6 Å². The molecule has 6 rings (SSSR count). The van der Waals surface area contributed by atoms with Crippen LogP contribution < -0.4 is 21.2 Å². The number of benzene rings is 6. The molecule has 6 aromatic carbocycles. The third kappa shape index (κ3) is 5.26. The highest BCUT2D eigenvalue weighted by molar-refractivity contribution is 7.80. The standard InChI is InChI=1S/C39H38P2/c1-27(2)40(28(3)4)39-29(5)26-31-17-13-15-23-35(31)38(39)37-34-22-14-12-16-30(34)24-25-36(37)41(32-18-8-6-9-19-32)33-20-10-7-11-21-33/h6-28H,1-5H3. The van der Waals surface area contributed by atoms with Crippen LogP contribution in [0.1, 0.15) is 33.3 Å². The summed E-state index contributed by atoms with van der Waals surface area (Å²) in [6.07, 6.45) is 0. The summed E-state index contributed by atoms with van der Waals surface area (Å²) in [5.74, 6) is 0. The summed E-state index contributed by atoms with van der Waals surface area (Å²) in [5.41, 5.74) is 5.49. The zero-order chi connectivity index (χ0) is 28.5. The Balaban J connectivity index is 1.82. The van der Waals surface area contributed by atoms with Gasteiger partial charge in [0, 0.05) is 0 Å². The first-order valence-electron chi connectivity index (χ1n) is 14.7. The predicted octanol–water partition coefficient (Wildman–Crippen LogP) is 9.65. The van der Waals surface area contributed by atoms with Crippen molar-refractivity contribution < 1.29 is 0 Å². The number of aryl methyl sites for hydroxylation is 1. The van der Waals surface area contributed by atoms with Crippen LogP contribution in [-0.2, 0) is 0 Å². The molecule has 6 aromatic rings. The highest BCUT2D eigenvalue weighted by atomic mass is 31.1. The predicted molar refractivity (Wildman–Crippen MR) is 187 cm³/mol. The van der Waals surface area contributed by atoms with Gasteiger partial charge in [0.05, 0.1) is 0 Å². The van der Waals surface area contributed by atoms with E-state index >= 15 is 0 Å². The molecule has 0 aliphatic rings. The lowest BCUT2D eigenvalue weighted by Gasteiger charge is -2.33. The van der Waals surface area contributed by atoms with Gasteiger partial charge in [0.25, 0.3) is 0 Å². The Morgan fingerprint density at radius 3 is 1.54 bits per heavy atom. The molecule has 41 heavy (non-hydrogen) atoms. The maximum atomic E-state index is 2.44. The minimum atomic E-state index is -0.784. The van der Waals surface area contributed by atoms with Gasteiger partial charge >= 0.3 is 0 Å². The molecule has 0 saturated carbocycles. The van der Waals surface area contributed by atoms with Crippen LogP contribution in [0.15, 0.2) is 127 Å². The fourth-order valence-corrected chi connectivity index (χ4v) is 12.1. The average Bonchev–Trinajstić information content (AvgIpc) is 2.98. The van der Waals surface area contributed by atoms with E-state index in [2.05, 4.69) is 162 Å². The molecule has 0 bridgehead atoms. The van der Waals surface area contributed by atoms with Gasteiger partial charge < -0.3 is 0 Å². The lowest BCUT2D eigenvalue weighted by Crippen LogP contribution is -2.25. The summed E-state index contributed by atoms with van der Waals surface area (Å²) in [6, 6.07) is 47.6. The Hall–Kier alpha value is -3.30. The Morgan fingerprint density at radius 1 is 0.488 bits per heavy atom. The molecule has 0 radical (unpaired) electrons. The first-order chi connectivity index (χ1) is 20.0. The van der Waals surface area contributed by atoms with Crippen LogP contribution in [0.3, 0.4) is 0 Å². The number of fused-ring (bicyclic) bond motifs is 2. The van der Waals surface area contributed by atoms with Gasteiger partial charge in [0.1, 0.15) is 0 Å². The molecule has 0 atom stereocenters. The van der Waals surface area contributed by atoms with Crippen LogP contribution in [0.2, 0.25) is 0 Å². The van der Waals surface area contributed by atoms with Crippen molar-refractivity contribution in [1.82, 2.24) is 0 Å². The van der Waals surface area contributed by atoms with Gasteiger partial charge in [-0.3, -0.25) is 0 Å². The SMILES string of the molecule is Cc1cc2ccccc2c(-c2c(P(c3ccccc3)c3ccccc3)ccc3ccccc23)c1P(C(C)C)C(C)C. The van der Waals surface area contributed by atoms with E-state index < -0.39 is 15.8 Å². The van der Waals surface area contributed by atoms with E-state index in [1.54, 1.807) is 5.30 Å². The van der Waals surface area contributed by atoms with Gasteiger partial charge in [-0.15, -0.1) is 0 Å². The first-order valence-corrected chi connectivity index (χ1v) is 17.5.